The maximum atomic E-state index is 10.3. The maximum Gasteiger partial charge on any atom is 0.303 e. The molecule has 3 nitrogen and oxygen atoms in total. The van der Waals surface area contributed by atoms with E-state index in [-0.39, 0.29) is 0 Å². The van der Waals surface area contributed by atoms with Crippen molar-refractivity contribution < 1.29 is 14.6 Å². The Kier molecular flexibility index (Phi) is 10.6. The summed E-state index contributed by atoms with van der Waals surface area (Å²) in [6.45, 7) is 2.21. The average molecular weight is 298 g/mol. The molecule has 0 saturated carbocycles. The first kappa shape index (κ1) is 18.5. The van der Waals surface area contributed by atoms with Crippen molar-refractivity contribution in [1.82, 2.24) is 0 Å². The minimum Gasteiger partial charge on any atom is -0.481 e. The molecule has 1 rings (SSSR count). The highest BCUT2D eigenvalue weighted by Gasteiger charge is 2.35. The molecule has 3 heteroatoms. The molecule has 0 aliphatic carbocycles. The number of hydrogen-bond donors (Lipinski definition) is 1. The molecule has 21 heavy (non-hydrogen) atoms. The molecule has 0 aromatic rings. The molecule has 2 atom stereocenters. The lowest BCUT2D eigenvalue weighted by atomic mass is 10.0. The van der Waals surface area contributed by atoms with E-state index in [2.05, 4.69) is 6.92 Å². The number of aliphatic carboxylic acids is 1. The lowest BCUT2D eigenvalue weighted by molar-refractivity contribution is -0.137. The highest BCUT2D eigenvalue weighted by molar-refractivity contribution is 5.66. The van der Waals surface area contributed by atoms with E-state index >= 15 is 0 Å². The molecule has 0 amide bonds. The van der Waals surface area contributed by atoms with Gasteiger partial charge in [0.1, 0.15) is 0 Å². The summed E-state index contributed by atoms with van der Waals surface area (Å²) in [4.78, 5) is 10.3. The van der Waals surface area contributed by atoms with Crippen LogP contribution in [0.4, 0.5) is 0 Å². The minimum atomic E-state index is -0.659. The summed E-state index contributed by atoms with van der Waals surface area (Å²) in [5.41, 5.74) is 0. The number of unbranched alkanes of at least 4 members (excludes halogenated alkanes) is 10. The monoisotopic (exact) mass is 298 g/mol. The van der Waals surface area contributed by atoms with Crippen molar-refractivity contribution >= 4 is 5.97 Å². The Morgan fingerprint density at radius 3 is 1.71 bits per heavy atom. The van der Waals surface area contributed by atoms with Gasteiger partial charge in [-0.25, -0.2) is 0 Å². The van der Waals surface area contributed by atoms with Gasteiger partial charge in [0, 0.05) is 6.42 Å². The molecule has 0 spiro atoms. The smallest absolute Gasteiger partial charge is 0.303 e. The average Bonchev–Trinajstić information content (AvgIpc) is 3.22. The Morgan fingerprint density at radius 2 is 1.29 bits per heavy atom. The highest BCUT2D eigenvalue weighted by atomic mass is 16.6. The van der Waals surface area contributed by atoms with Gasteiger partial charge in [-0.3, -0.25) is 4.79 Å². The van der Waals surface area contributed by atoms with Gasteiger partial charge in [-0.15, -0.1) is 0 Å². The molecular weight excluding hydrogens is 264 g/mol. The van der Waals surface area contributed by atoms with Crippen LogP contribution < -0.4 is 0 Å². The first-order valence-corrected chi connectivity index (χ1v) is 9.11. The van der Waals surface area contributed by atoms with Crippen LogP contribution in [-0.4, -0.2) is 23.3 Å². The van der Waals surface area contributed by atoms with Crippen molar-refractivity contribution in [2.24, 2.45) is 0 Å². The van der Waals surface area contributed by atoms with E-state index in [0.29, 0.717) is 18.6 Å². The van der Waals surface area contributed by atoms with E-state index in [4.69, 9.17) is 9.84 Å². The fourth-order valence-electron chi connectivity index (χ4n) is 3.00. The fourth-order valence-corrected chi connectivity index (χ4v) is 3.00. The molecule has 1 fully saturated rings. The van der Waals surface area contributed by atoms with Crippen LogP contribution in [0.2, 0.25) is 0 Å². The Morgan fingerprint density at radius 1 is 0.810 bits per heavy atom. The maximum absolute atomic E-state index is 10.3. The zero-order valence-electron chi connectivity index (χ0n) is 13.8. The van der Waals surface area contributed by atoms with Crippen LogP contribution in [0.1, 0.15) is 96.8 Å². The van der Waals surface area contributed by atoms with Crippen molar-refractivity contribution in [3.63, 3.8) is 0 Å². The number of rotatable bonds is 15. The molecule has 0 aromatic carbocycles. The molecule has 124 valence electrons. The van der Waals surface area contributed by atoms with Gasteiger partial charge >= 0.3 is 5.97 Å². The second-order valence-electron chi connectivity index (χ2n) is 6.44. The first-order chi connectivity index (χ1) is 10.2. The van der Waals surface area contributed by atoms with Gasteiger partial charge in [0.25, 0.3) is 0 Å². The van der Waals surface area contributed by atoms with Crippen molar-refractivity contribution in [3.05, 3.63) is 0 Å². The minimum absolute atomic E-state index is 0.338. The van der Waals surface area contributed by atoms with Crippen LogP contribution >= 0.6 is 0 Å². The zero-order valence-corrected chi connectivity index (χ0v) is 13.8. The lowest BCUT2D eigenvalue weighted by Crippen LogP contribution is -1.93. The van der Waals surface area contributed by atoms with E-state index in [9.17, 15) is 4.79 Å². The van der Waals surface area contributed by atoms with Crippen molar-refractivity contribution in [3.8, 4) is 0 Å². The molecule has 0 unspecified atom stereocenters. The van der Waals surface area contributed by atoms with Crippen LogP contribution in [0.15, 0.2) is 0 Å². The Hall–Kier alpha value is -0.570. The largest absolute Gasteiger partial charge is 0.481 e. The van der Waals surface area contributed by atoms with E-state index < -0.39 is 5.97 Å². The van der Waals surface area contributed by atoms with E-state index in [1.807, 2.05) is 0 Å². The summed E-state index contributed by atoms with van der Waals surface area (Å²) in [6.07, 6.45) is 17.9. The van der Waals surface area contributed by atoms with Gasteiger partial charge in [0.05, 0.1) is 12.2 Å². The number of hydrogen-bond acceptors (Lipinski definition) is 2. The van der Waals surface area contributed by atoms with E-state index in [1.54, 1.807) is 0 Å². The number of carboxylic acids is 1. The van der Waals surface area contributed by atoms with Crippen LogP contribution in [0, 0.1) is 0 Å². The van der Waals surface area contributed by atoms with Crippen LogP contribution in [0.5, 0.6) is 0 Å². The predicted molar refractivity (Wildman–Crippen MR) is 86.6 cm³/mol. The molecule has 0 bridgehead atoms. The summed E-state index contributed by atoms with van der Waals surface area (Å²) in [7, 11) is 0. The topological polar surface area (TPSA) is 49.8 Å². The Balaban J connectivity index is 1.66. The number of carboxylic acid groups (broad SMARTS) is 1. The molecule has 1 heterocycles. The summed E-state index contributed by atoms with van der Waals surface area (Å²) < 4.78 is 5.55. The number of carbonyl (C=O) groups is 1. The van der Waals surface area contributed by atoms with Crippen molar-refractivity contribution in [1.29, 1.82) is 0 Å². The normalized spacial score (nSPS) is 20.6. The van der Waals surface area contributed by atoms with E-state index in [0.717, 1.165) is 12.8 Å². The summed E-state index contributed by atoms with van der Waals surface area (Å²) in [6, 6.07) is 0. The number of ether oxygens (including phenoxy) is 1. The molecule has 1 aliphatic rings. The standard InChI is InChI=1S/C18H34O3/c1-2-16-17(21-16)14-12-10-8-6-4-3-5-7-9-11-13-15-18(19)20/h16-17H,2-15H2,1H3,(H,19,20)/t16-,17-/m1/s1. The third kappa shape index (κ3) is 10.8. The molecular formula is C18H34O3. The van der Waals surface area contributed by atoms with Gasteiger partial charge in [-0.05, 0) is 19.3 Å². The Bertz CT molecular complexity index is 265. The third-order valence-electron chi connectivity index (χ3n) is 4.47. The zero-order chi connectivity index (χ0) is 15.3. The molecule has 0 radical (unpaired) electrons. The highest BCUT2D eigenvalue weighted by Crippen LogP contribution is 2.29. The SMILES string of the molecule is CC[C@H]1O[C@@H]1CCCCCCCCCCCCCC(=O)O. The van der Waals surface area contributed by atoms with Crippen molar-refractivity contribution in [2.45, 2.75) is 109 Å². The summed E-state index contributed by atoms with van der Waals surface area (Å²) in [5.74, 6) is -0.659. The number of epoxide rings is 1. The lowest BCUT2D eigenvalue weighted by Gasteiger charge is -2.02. The second-order valence-corrected chi connectivity index (χ2v) is 6.44. The van der Waals surface area contributed by atoms with Crippen LogP contribution in [0.3, 0.4) is 0 Å². The fraction of sp³-hybridized carbons (Fsp3) is 0.944. The molecule has 1 saturated heterocycles. The van der Waals surface area contributed by atoms with Gasteiger partial charge in [-0.1, -0.05) is 71.1 Å². The molecule has 1 aliphatic heterocycles. The summed E-state index contributed by atoms with van der Waals surface area (Å²) in [5, 5.41) is 8.53. The van der Waals surface area contributed by atoms with Crippen LogP contribution in [-0.2, 0) is 9.53 Å². The van der Waals surface area contributed by atoms with Crippen LogP contribution in [0.25, 0.3) is 0 Å². The summed E-state index contributed by atoms with van der Waals surface area (Å²) >= 11 is 0. The first-order valence-electron chi connectivity index (χ1n) is 9.11. The van der Waals surface area contributed by atoms with Gasteiger partial charge in [-0.2, -0.15) is 0 Å². The second kappa shape index (κ2) is 12.0. The Labute approximate surface area is 130 Å². The van der Waals surface area contributed by atoms with E-state index in [1.165, 1.54) is 70.6 Å². The predicted octanol–water partition coefficient (Wildman–Crippen LogP) is 5.32. The third-order valence-corrected chi connectivity index (χ3v) is 4.47. The quantitative estimate of drug-likeness (QED) is 0.329. The van der Waals surface area contributed by atoms with Gasteiger partial charge < -0.3 is 9.84 Å². The molecule has 1 N–H and O–H groups in total. The molecule has 0 aromatic heterocycles. The van der Waals surface area contributed by atoms with Gasteiger partial charge in [0.2, 0.25) is 0 Å². The van der Waals surface area contributed by atoms with Crippen molar-refractivity contribution in [2.75, 3.05) is 0 Å². The van der Waals surface area contributed by atoms with Gasteiger partial charge in [0.15, 0.2) is 0 Å².